The molecule has 3 aromatic heterocycles. The minimum atomic E-state index is 0.0212. The molecular weight excluding hydrogens is 430 g/mol. The zero-order valence-corrected chi connectivity index (χ0v) is 19.8. The number of ether oxygens (including phenoxy) is 2. The maximum Gasteiger partial charge on any atom is 0.227 e. The zero-order chi connectivity index (χ0) is 23.4. The third kappa shape index (κ3) is 3.35. The van der Waals surface area contributed by atoms with Gasteiger partial charge in [0.05, 0.1) is 44.4 Å². The van der Waals surface area contributed by atoms with Crippen molar-refractivity contribution in [3.8, 4) is 17.0 Å². The Kier molecular flexibility index (Phi) is 4.70. The smallest absolute Gasteiger partial charge is 0.227 e. The van der Waals surface area contributed by atoms with Gasteiger partial charge in [-0.1, -0.05) is 6.07 Å². The second kappa shape index (κ2) is 7.66. The minimum Gasteiger partial charge on any atom is -0.495 e. The Bertz CT molecular complexity index is 1400. The third-order valence-electron chi connectivity index (χ3n) is 6.86. The molecule has 1 N–H and O–H groups in total. The molecule has 0 bridgehead atoms. The van der Waals surface area contributed by atoms with Crippen molar-refractivity contribution >= 4 is 28.4 Å². The first-order valence-corrected chi connectivity index (χ1v) is 11.4. The zero-order valence-electron chi connectivity index (χ0n) is 19.8. The van der Waals surface area contributed by atoms with E-state index in [2.05, 4.69) is 24.8 Å². The van der Waals surface area contributed by atoms with Gasteiger partial charge in [0.1, 0.15) is 22.7 Å². The summed E-state index contributed by atoms with van der Waals surface area (Å²) < 4.78 is 13.5. The number of anilines is 3. The summed E-state index contributed by atoms with van der Waals surface area (Å²) in [5.74, 6) is 3.04. The minimum absolute atomic E-state index is 0.0212. The molecule has 0 unspecified atom stereocenters. The lowest BCUT2D eigenvalue weighted by Crippen LogP contribution is -2.68. The molecule has 2 fully saturated rings. The van der Waals surface area contributed by atoms with E-state index in [9.17, 15) is 0 Å². The second-order valence-electron chi connectivity index (χ2n) is 9.15. The average molecular weight is 458 g/mol. The molecule has 0 aliphatic carbocycles. The Labute approximate surface area is 197 Å². The van der Waals surface area contributed by atoms with Gasteiger partial charge in [-0.15, -0.1) is 0 Å². The monoisotopic (exact) mass is 457 g/mol. The van der Waals surface area contributed by atoms with E-state index in [1.165, 1.54) is 0 Å². The summed E-state index contributed by atoms with van der Waals surface area (Å²) in [5.41, 5.74) is 4.64. The molecule has 1 spiro atoms. The van der Waals surface area contributed by atoms with Crippen molar-refractivity contribution < 1.29 is 9.47 Å². The highest BCUT2D eigenvalue weighted by molar-refractivity contribution is 5.90. The van der Waals surface area contributed by atoms with Gasteiger partial charge >= 0.3 is 0 Å². The van der Waals surface area contributed by atoms with Gasteiger partial charge in [0.2, 0.25) is 5.95 Å². The number of aryl methyl sites for hydroxylation is 2. The number of benzene rings is 1. The molecule has 0 amide bonds. The fourth-order valence-electron chi connectivity index (χ4n) is 4.72. The lowest BCUT2D eigenvalue weighted by Gasteiger charge is -2.55. The summed E-state index contributed by atoms with van der Waals surface area (Å²) >= 11 is 0. The predicted molar refractivity (Wildman–Crippen MR) is 131 cm³/mol. The Morgan fingerprint density at radius 3 is 2.59 bits per heavy atom. The van der Waals surface area contributed by atoms with Crippen LogP contribution in [0.1, 0.15) is 17.9 Å². The standard InChI is InChI=1S/C25H27N7O2/c1-15-9-18-11-27-24(30-22(18)23(28-15)32-13-25(14-32)7-8-34-25)29-19-6-5-17(10-21(19)33-4)20-12-26-16(2)31(20)3/h5-6,9-12H,7-8,13-14H2,1-4H3,(H,27,29,30). The number of aromatic nitrogens is 5. The summed E-state index contributed by atoms with van der Waals surface area (Å²) in [7, 11) is 3.66. The van der Waals surface area contributed by atoms with Crippen LogP contribution in [0.2, 0.25) is 0 Å². The summed E-state index contributed by atoms with van der Waals surface area (Å²) in [4.78, 5) is 20.8. The van der Waals surface area contributed by atoms with Gasteiger partial charge in [0.15, 0.2) is 5.82 Å². The van der Waals surface area contributed by atoms with E-state index in [0.29, 0.717) is 11.7 Å². The van der Waals surface area contributed by atoms with Crippen LogP contribution in [-0.4, -0.2) is 56.9 Å². The molecule has 4 aromatic rings. The number of rotatable bonds is 5. The van der Waals surface area contributed by atoms with Crippen molar-refractivity contribution in [1.82, 2.24) is 24.5 Å². The first-order valence-electron chi connectivity index (χ1n) is 11.4. The lowest BCUT2D eigenvalue weighted by atomic mass is 9.86. The van der Waals surface area contributed by atoms with Gasteiger partial charge in [-0.2, -0.15) is 0 Å². The van der Waals surface area contributed by atoms with Crippen LogP contribution in [0, 0.1) is 13.8 Å². The fourth-order valence-corrected chi connectivity index (χ4v) is 4.72. The maximum absolute atomic E-state index is 5.79. The molecule has 9 nitrogen and oxygen atoms in total. The molecule has 0 atom stereocenters. The highest BCUT2D eigenvalue weighted by atomic mass is 16.5. The molecule has 2 aliphatic heterocycles. The Morgan fingerprint density at radius 2 is 1.91 bits per heavy atom. The molecule has 9 heteroatoms. The number of methoxy groups -OCH3 is 1. The van der Waals surface area contributed by atoms with Gasteiger partial charge in [-0.05, 0) is 32.0 Å². The van der Waals surface area contributed by atoms with Crippen molar-refractivity contribution in [2.24, 2.45) is 7.05 Å². The van der Waals surface area contributed by atoms with Gasteiger partial charge in [-0.25, -0.2) is 19.9 Å². The van der Waals surface area contributed by atoms with Crippen LogP contribution in [0.3, 0.4) is 0 Å². The van der Waals surface area contributed by atoms with Crippen LogP contribution in [0.5, 0.6) is 5.75 Å². The lowest BCUT2D eigenvalue weighted by molar-refractivity contribution is -0.161. The van der Waals surface area contributed by atoms with E-state index in [4.69, 9.17) is 19.4 Å². The first kappa shape index (κ1) is 20.9. The molecule has 1 aromatic carbocycles. The van der Waals surface area contributed by atoms with Crippen molar-refractivity contribution in [1.29, 1.82) is 0 Å². The second-order valence-corrected chi connectivity index (χ2v) is 9.15. The normalized spacial score (nSPS) is 16.4. The number of hydrogen-bond donors (Lipinski definition) is 1. The summed E-state index contributed by atoms with van der Waals surface area (Å²) in [6.07, 6.45) is 4.83. The number of nitrogens with one attached hydrogen (secondary N) is 1. The number of fused-ring (bicyclic) bond motifs is 1. The van der Waals surface area contributed by atoms with Gasteiger partial charge in [0.25, 0.3) is 0 Å². The molecule has 6 rings (SSSR count). The van der Waals surface area contributed by atoms with E-state index in [1.54, 1.807) is 7.11 Å². The summed E-state index contributed by atoms with van der Waals surface area (Å²) in [6.45, 7) is 6.55. The molecule has 0 saturated carbocycles. The van der Waals surface area contributed by atoms with E-state index < -0.39 is 0 Å². The van der Waals surface area contributed by atoms with Gasteiger partial charge in [0, 0.05) is 36.3 Å². The number of nitrogens with zero attached hydrogens (tertiary/aromatic N) is 6. The first-order chi connectivity index (χ1) is 16.4. The Morgan fingerprint density at radius 1 is 1.09 bits per heavy atom. The SMILES string of the molecule is COc1cc(-c2cnc(C)n2C)ccc1Nc1ncc2cc(C)nc(N3CC4(CCO4)C3)c2n1. The number of pyridine rings is 1. The van der Waals surface area contributed by atoms with E-state index >= 15 is 0 Å². The number of hydrogen-bond acceptors (Lipinski definition) is 8. The highest BCUT2D eigenvalue weighted by Crippen LogP contribution is 2.40. The van der Waals surface area contributed by atoms with Crippen LogP contribution >= 0.6 is 0 Å². The highest BCUT2D eigenvalue weighted by Gasteiger charge is 2.50. The van der Waals surface area contributed by atoms with Crippen LogP contribution in [-0.2, 0) is 11.8 Å². The molecule has 34 heavy (non-hydrogen) atoms. The maximum atomic E-state index is 5.79. The fraction of sp³-hybridized carbons (Fsp3) is 0.360. The van der Waals surface area contributed by atoms with Crippen LogP contribution < -0.4 is 15.0 Å². The van der Waals surface area contributed by atoms with Gasteiger partial charge < -0.3 is 24.3 Å². The average Bonchev–Trinajstić information content (AvgIpc) is 3.10. The third-order valence-corrected chi connectivity index (χ3v) is 6.86. The van der Waals surface area contributed by atoms with Crippen LogP contribution in [0.4, 0.5) is 17.5 Å². The molecule has 2 saturated heterocycles. The molecular formula is C25H27N7O2. The largest absolute Gasteiger partial charge is 0.495 e. The molecule has 2 aliphatic rings. The van der Waals surface area contributed by atoms with Crippen molar-refractivity contribution in [2.45, 2.75) is 25.9 Å². The Hall–Kier alpha value is -3.72. The van der Waals surface area contributed by atoms with Crippen LogP contribution in [0.25, 0.3) is 22.2 Å². The number of imidazole rings is 1. The van der Waals surface area contributed by atoms with Crippen LogP contribution in [0.15, 0.2) is 36.7 Å². The van der Waals surface area contributed by atoms with E-state index in [-0.39, 0.29) is 5.60 Å². The molecule has 174 valence electrons. The van der Waals surface area contributed by atoms with Crippen molar-refractivity contribution in [2.75, 3.05) is 37.0 Å². The predicted octanol–water partition coefficient (Wildman–Crippen LogP) is 3.77. The Balaban J connectivity index is 1.32. The van der Waals surface area contributed by atoms with Gasteiger partial charge in [-0.3, -0.25) is 0 Å². The van der Waals surface area contributed by atoms with E-state index in [0.717, 1.165) is 71.3 Å². The van der Waals surface area contributed by atoms with Crippen molar-refractivity contribution in [3.63, 3.8) is 0 Å². The molecule has 0 radical (unpaired) electrons. The summed E-state index contributed by atoms with van der Waals surface area (Å²) in [6, 6.07) is 8.03. The summed E-state index contributed by atoms with van der Waals surface area (Å²) in [5, 5.41) is 4.30. The quantitative estimate of drug-likeness (QED) is 0.484. The van der Waals surface area contributed by atoms with Crippen molar-refractivity contribution in [3.05, 3.63) is 48.2 Å². The molecule has 5 heterocycles. The topological polar surface area (TPSA) is 90.2 Å². The van der Waals surface area contributed by atoms with E-state index in [1.807, 2.05) is 57.6 Å².